The lowest BCUT2D eigenvalue weighted by atomic mass is 9.33. The second kappa shape index (κ2) is 28.6. The summed E-state index contributed by atoms with van der Waals surface area (Å²) in [5.41, 5.74) is 38.1. The summed E-state index contributed by atoms with van der Waals surface area (Å²) >= 11 is 0. The zero-order valence-electron chi connectivity index (χ0n) is 62.1. The van der Waals surface area contributed by atoms with E-state index in [2.05, 4.69) is 430 Å². The molecule has 17 aromatic rings. The molecule has 0 spiro atoms. The molecule has 0 N–H and O–H groups in total. The summed E-state index contributed by atoms with van der Waals surface area (Å²) < 4.78 is 0. The van der Waals surface area contributed by atoms with E-state index in [0.717, 1.165) is 168 Å². The lowest BCUT2D eigenvalue weighted by Crippen LogP contribution is -2.61. The number of nitrogens with zero attached hydrogens (tertiary/aromatic N) is 3. The molecule has 0 saturated heterocycles. The second-order valence-electron chi connectivity index (χ2n) is 30.2. The van der Waals surface area contributed by atoms with Crippen LogP contribution in [0.15, 0.2) is 406 Å². The number of hydrogen-bond acceptors (Lipinski definition) is 2. The molecule has 3 nitrogen and oxygen atoms in total. The molecule has 111 heavy (non-hydrogen) atoms. The van der Waals surface area contributed by atoms with Gasteiger partial charge in [-0.1, -0.05) is 354 Å². The first-order valence-electron chi connectivity index (χ1n) is 38.3. The quantitative estimate of drug-likeness (QED) is 0.0794. The molecule has 0 radical (unpaired) electrons. The summed E-state index contributed by atoms with van der Waals surface area (Å²) in [5.74, 6) is 0. The minimum absolute atomic E-state index is 0.304. The van der Waals surface area contributed by atoms with Crippen molar-refractivity contribution in [3.05, 3.63) is 423 Å². The molecule has 0 unspecified atom stereocenters. The van der Waals surface area contributed by atoms with Gasteiger partial charge in [-0.2, -0.15) is 0 Å². The summed E-state index contributed by atoms with van der Waals surface area (Å²) in [6, 6.07) is 151. The maximum atomic E-state index is 8.10. The van der Waals surface area contributed by atoms with Gasteiger partial charge < -0.3 is 9.80 Å². The molecule has 0 bridgehead atoms. The van der Waals surface area contributed by atoms with Crippen molar-refractivity contribution in [3.63, 3.8) is 0 Å². The molecule has 0 atom stereocenters. The van der Waals surface area contributed by atoms with E-state index in [1.54, 1.807) is 0 Å². The molecule has 19 rings (SSSR count). The van der Waals surface area contributed by atoms with Gasteiger partial charge >= 0.3 is 0 Å². The van der Waals surface area contributed by atoms with Crippen LogP contribution in [0.5, 0.6) is 0 Å². The van der Waals surface area contributed by atoms with Crippen LogP contribution in [0.25, 0.3) is 138 Å². The molecular weight excluding hydrogens is 1340 g/mol. The first-order valence-corrected chi connectivity index (χ1v) is 38.3. The van der Waals surface area contributed by atoms with Crippen LogP contribution in [0.2, 0.25) is 0 Å². The predicted molar refractivity (Wildman–Crippen MR) is 471 cm³/mol. The van der Waals surface area contributed by atoms with Crippen LogP contribution in [0.3, 0.4) is 0 Å². The smallest absolute Gasteiger partial charge is 0.252 e. The van der Waals surface area contributed by atoms with Gasteiger partial charge in [0, 0.05) is 45.0 Å². The fourth-order valence-corrected chi connectivity index (χ4v) is 16.9. The second-order valence-corrected chi connectivity index (χ2v) is 30.2. The Balaban J connectivity index is 0.991. The maximum Gasteiger partial charge on any atom is 0.252 e. The summed E-state index contributed by atoms with van der Waals surface area (Å²) in [4.78, 5) is 9.28. The van der Waals surface area contributed by atoms with E-state index in [1.807, 2.05) is 12.1 Å². The van der Waals surface area contributed by atoms with Crippen LogP contribution in [0.1, 0.15) is 26.3 Å². The van der Waals surface area contributed by atoms with Crippen LogP contribution in [-0.2, 0) is 5.41 Å². The first kappa shape index (κ1) is 67.5. The largest absolute Gasteiger partial charge is 0.310 e. The third-order valence-corrected chi connectivity index (χ3v) is 22.4. The molecule has 0 aliphatic carbocycles. The molecule has 2 aliphatic rings. The Morgan fingerprint density at radius 1 is 0.225 bits per heavy atom. The van der Waals surface area contributed by atoms with E-state index in [-0.39, 0.29) is 12.1 Å². The van der Waals surface area contributed by atoms with E-state index in [1.165, 1.54) is 22.0 Å². The Bertz CT molecular complexity index is 6180. The van der Waals surface area contributed by atoms with E-state index < -0.39 is 0 Å². The normalized spacial score (nSPS) is 12.0. The van der Waals surface area contributed by atoms with Crippen molar-refractivity contribution in [2.24, 2.45) is 0 Å². The highest BCUT2D eigenvalue weighted by Crippen LogP contribution is 2.56. The third kappa shape index (κ3) is 12.7. The van der Waals surface area contributed by atoms with Crippen molar-refractivity contribution in [1.29, 1.82) is 0 Å². The van der Waals surface area contributed by atoms with Crippen molar-refractivity contribution >= 4 is 62.9 Å². The Morgan fingerprint density at radius 3 is 0.748 bits per heavy atom. The highest BCUT2D eigenvalue weighted by molar-refractivity contribution is 7.00. The third-order valence-electron chi connectivity index (χ3n) is 22.4. The zero-order chi connectivity index (χ0) is 74.5. The van der Waals surface area contributed by atoms with Gasteiger partial charge in [0.15, 0.2) is 5.69 Å². The van der Waals surface area contributed by atoms with Crippen LogP contribution < -0.4 is 26.2 Å². The Morgan fingerprint density at radius 2 is 0.468 bits per heavy atom. The molecule has 2 heterocycles. The van der Waals surface area contributed by atoms with Gasteiger partial charge in [-0.15, -0.1) is 0 Å². The average Bonchev–Trinajstić information content (AvgIpc) is 0.685. The van der Waals surface area contributed by atoms with Gasteiger partial charge in [0.05, 0.1) is 17.9 Å². The van der Waals surface area contributed by atoms with Crippen LogP contribution in [0, 0.1) is 6.57 Å². The van der Waals surface area contributed by atoms with Crippen molar-refractivity contribution in [2.45, 2.75) is 26.2 Å². The molecular formula is C107H76BN3. The van der Waals surface area contributed by atoms with Gasteiger partial charge in [0.25, 0.3) is 6.71 Å². The van der Waals surface area contributed by atoms with E-state index in [9.17, 15) is 0 Å². The van der Waals surface area contributed by atoms with Crippen molar-refractivity contribution in [2.75, 3.05) is 9.80 Å². The maximum absolute atomic E-state index is 8.10. The number of anilines is 6. The fraction of sp³-hybridized carbons (Fsp3) is 0.0374. The zero-order valence-corrected chi connectivity index (χ0v) is 62.1. The topological polar surface area (TPSA) is 10.8 Å². The molecule has 17 aromatic carbocycles. The number of fused-ring (bicyclic) bond motifs is 4. The van der Waals surface area contributed by atoms with Gasteiger partial charge in [0.1, 0.15) is 0 Å². The summed E-state index contributed by atoms with van der Waals surface area (Å²) in [5, 5.41) is 0. The molecule has 0 fully saturated rings. The van der Waals surface area contributed by atoms with Gasteiger partial charge in [-0.25, -0.2) is 4.85 Å². The van der Waals surface area contributed by atoms with Gasteiger partial charge in [-0.05, 0) is 211 Å². The van der Waals surface area contributed by atoms with E-state index in [0.29, 0.717) is 5.69 Å². The highest BCUT2D eigenvalue weighted by atomic mass is 15.2. The lowest BCUT2D eigenvalue weighted by molar-refractivity contribution is 0.590. The molecule has 0 saturated carbocycles. The molecule has 4 heteroatoms. The summed E-state index contributed by atoms with van der Waals surface area (Å²) in [7, 11) is 0. The van der Waals surface area contributed by atoms with Crippen LogP contribution in [-0.4, -0.2) is 6.71 Å². The number of benzene rings is 17. The highest BCUT2D eigenvalue weighted by Gasteiger charge is 2.46. The standard InChI is InChI=1S/C107H76BN3/c1-107(2,3)92-70-102-104-103(71-92)111(106-96(88-50-28-46-82(62-88)74-34-16-7-17-35-74)66-91(79-52-56-93(109-4)57-53-79)67-97(106)89-51-29-47-83(63-89)75-36-18-8-19-37-75)101-59-55-85(77-40-22-10-23-41-77)69-99(101)108(104)98-68-84(76-38-20-9-21-39-76)54-58-100(98)110(102)105-94(86-48-26-44-80(60-86)72-30-12-5-13-31-72)64-90(78-42-24-11-25-43-78)65-95(105)87-49-27-45-81(61-87)73-32-14-6-15-33-73/h5-71H,1-3H3. The monoisotopic (exact) mass is 1410 g/mol. The van der Waals surface area contributed by atoms with Gasteiger partial charge in [0.2, 0.25) is 0 Å². The Kier molecular flexibility index (Phi) is 17.4. The fourth-order valence-electron chi connectivity index (χ4n) is 16.9. The Hall–Kier alpha value is -14.1. The first-order chi connectivity index (χ1) is 54.6. The molecule has 522 valence electrons. The minimum Gasteiger partial charge on any atom is -0.310 e. The summed E-state index contributed by atoms with van der Waals surface area (Å²) in [6.07, 6.45) is 0. The lowest BCUT2D eigenvalue weighted by Gasteiger charge is -2.46. The van der Waals surface area contributed by atoms with Gasteiger partial charge in [-0.3, -0.25) is 0 Å². The summed E-state index contributed by atoms with van der Waals surface area (Å²) in [6.45, 7) is 14.9. The predicted octanol–water partition coefficient (Wildman–Crippen LogP) is 27.6. The molecule has 0 amide bonds. The molecule has 2 aliphatic heterocycles. The van der Waals surface area contributed by atoms with E-state index in [4.69, 9.17) is 6.57 Å². The average molecular weight is 1410 g/mol. The molecule has 0 aromatic heterocycles. The minimum atomic E-state index is -0.384. The van der Waals surface area contributed by atoms with Crippen molar-refractivity contribution in [3.8, 4) is 134 Å². The van der Waals surface area contributed by atoms with Crippen LogP contribution >= 0.6 is 0 Å². The van der Waals surface area contributed by atoms with E-state index >= 15 is 0 Å². The van der Waals surface area contributed by atoms with Crippen LogP contribution in [0.4, 0.5) is 39.8 Å². The van der Waals surface area contributed by atoms with Crippen molar-refractivity contribution in [1.82, 2.24) is 0 Å². The SMILES string of the molecule is [C-]#[N+]c1ccc(-c2cc(-c3cccc(-c4ccccc4)c3)c(N3c4ccc(-c5ccccc5)cc4B4c5cc(-c6ccccc6)ccc5N(c5c(-c6cccc(-c7ccccc7)c6)cc(-c6ccccc6)cc5-c5cccc(-c6ccccc6)c5)c5cc(C(C)(C)C)cc3c54)c(-c3cccc(-c4ccccc4)c3)c2)cc1. The Labute approximate surface area is 651 Å². The number of hydrogen-bond donors (Lipinski definition) is 0. The van der Waals surface area contributed by atoms with Crippen molar-refractivity contribution < 1.29 is 0 Å². The number of rotatable bonds is 14.